The summed E-state index contributed by atoms with van der Waals surface area (Å²) in [4.78, 5) is 14.7. The molecule has 0 bridgehead atoms. The lowest BCUT2D eigenvalue weighted by atomic mass is 10.0. The molecule has 0 aromatic heterocycles. The van der Waals surface area contributed by atoms with Crippen LogP contribution in [0.5, 0.6) is 0 Å². The van der Waals surface area contributed by atoms with Gasteiger partial charge in [-0.05, 0) is 26.0 Å². The van der Waals surface area contributed by atoms with Gasteiger partial charge < -0.3 is 4.74 Å². The first-order valence-electron chi connectivity index (χ1n) is 6.34. The number of nitrogens with zero attached hydrogens (tertiary/aromatic N) is 1. The van der Waals surface area contributed by atoms with Gasteiger partial charge in [-0.2, -0.15) is 0 Å². The van der Waals surface area contributed by atoms with Gasteiger partial charge >= 0.3 is 0 Å². The monoisotopic (exact) mass is 301 g/mol. The summed E-state index contributed by atoms with van der Waals surface area (Å²) in [5.74, 6) is -0.0992. The van der Waals surface area contributed by atoms with Gasteiger partial charge in [0.2, 0.25) is 0 Å². The average molecular weight is 302 g/mol. The maximum Gasteiger partial charge on any atom is 0.194 e. The van der Waals surface area contributed by atoms with Crippen LogP contribution in [0.4, 0.5) is 0 Å². The van der Waals surface area contributed by atoms with Crippen molar-refractivity contribution in [3.05, 3.63) is 33.8 Å². The molecule has 1 aliphatic rings. The number of morpholine rings is 1. The Labute approximate surface area is 123 Å². The van der Waals surface area contributed by atoms with Crippen molar-refractivity contribution in [2.24, 2.45) is 0 Å². The zero-order chi connectivity index (χ0) is 14.0. The molecule has 1 fully saturated rings. The van der Waals surface area contributed by atoms with E-state index >= 15 is 0 Å². The Bertz CT molecular complexity index is 477. The molecule has 1 atom stereocenters. The summed E-state index contributed by atoms with van der Waals surface area (Å²) in [6.07, 6.45) is -0.466. The number of carbonyl (C=O) groups is 1. The van der Waals surface area contributed by atoms with Gasteiger partial charge in [0.05, 0.1) is 16.7 Å². The number of ether oxygens (including phenoxy) is 1. The smallest absolute Gasteiger partial charge is 0.194 e. The van der Waals surface area contributed by atoms with Gasteiger partial charge in [-0.15, -0.1) is 0 Å². The highest BCUT2D eigenvalue weighted by Crippen LogP contribution is 2.27. The van der Waals surface area contributed by atoms with Gasteiger partial charge in [0, 0.05) is 24.7 Å². The first-order chi connectivity index (χ1) is 9.00. The van der Waals surface area contributed by atoms with Gasteiger partial charge in [-0.1, -0.05) is 29.3 Å². The van der Waals surface area contributed by atoms with Crippen molar-refractivity contribution in [2.75, 3.05) is 19.7 Å². The summed E-state index contributed by atoms with van der Waals surface area (Å²) in [6.45, 7) is 6.23. The Morgan fingerprint density at radius 3 is 2.84 bits per heavy atom. The van der Waals surface area contributed by atoms with Crippen molar-refractivity contribution < 1.29 is 9.53 Å². The molecule has 0 saturated carbocycles. The molecule has 1 saturated heterocycles. The topological polar surface area (TPSA) is 29.5 Å². The third-order valence-corrected chi connectivity index (χ3v) is 4.16. The molecule has 1 heterocycles. The number of hydrogen-bond donors (Lipinski definition) is 0. The van der Waals surface area contributed by atoms with Gasteiger partial charge in [0.15, 0.2) is 5.78 Å². The van der Waals surface area contributed by atoms with Crippen LogP contribution in [0.2, 0.25) is 10.0 Å². The molecule has 0 aliphatic carbocycles. The minimum Gasteiger partial charge on any atom is -0.367 e. The minimum absolute atomic E-state index is 0.0992. The largest absolute Gasteiger partial charge is 0.367 e. The first-order valence-corrected chi connectivity index (χ1v) is 7.10. The predicted molar refractivity (Wildman–Crippen MR) is 77.2 cm³/mol. The Hall–Kier alpha value is -0.610. The van der Waals surface area contributed by atoms with Crippen molar-refractivity contribution in [3.63, 3.8) is 0 Å². The second kappa shape index (κ2) is 6.23. The maximum absolute atomic E-state index is 12.4. The third kappa shape index (κ3) is 3.29. The number of carbonyl (C=O) groups excluding carboxylic acids is 1. The molecule has 2 rings (SSSR count). The molecular weight excluding hydrogens is 285 g/mol. The highest BCUT2D eigenvalue weighted by Gasteiger charge is 2.29. The normalized spacial score (nSPS) is 20.8. The van der Waals surface area contributed by atoms with E-state index in [0.717, 1.165) is 6.54 Å². The van der Waals surface area contributed by atoms with E-state index < -0.39 is 6.10 Å². The molecule has 5 heteroatoms. The fourth-order valence-electron chi connectivity index (χ4n) is 2.16. The summed E-state index contributed by atoms with van der Waals surface area (Å²) in [5.41, 5.74) is 0.435. The van der Waals surface area contributed by atoms with E-state index in [0.29, 0.717) is 34.8 Å². The predicted octanol–water partition coefficient (Wildman–Crippen LogP) is 3.29. The summed E-state index contributed by atoms with van der Waals surface area (Å²) in [7, 11) is 0. The fraction of sp³-hybridized carbons (Fsp3) is 0.500. The van der Waals surface area contributed by atoms with Crippen molar-refractivity contribution in [1.82, 2.24) is 4.90 Å². The van der Waals surface area contributed by atoms with Crippen LogP contribution in [0.1, 0.15) is 24.2 Å². The number of ketones is 1. The third-order valence-electron chi connectivity index (χ3n) is 3.34. The first kappa shape index (κ1) is 14.8. The van der Waals surface area contributed by atoms with Crippen LogP contribution in [0, 0.1) is 0 Å². The van der Waals surface area contributed by atoms with Crippen molar-refractivity contribution in [3.8, 4) is 0 Å². The highest BCUT2D eigenvalue weighted by atomic mass is 35.5. The van der Waals surface area contributed by atoms with E-state index in [9.17, 15) is 4.79 Å². The Morgan fingerprint density at radius 1 is 1.42 bits per heavy atom. The minimum atomic E-state index is -0.466. The van der Waals surface area contributed by atoms with E-state index in [2.05, 4.69) is 18.7 Å². The lowest BCUT2D eigenvalue weighted by Crippen LogP contribution is -2.48. The van der Waals surface area contributed by atoms with Crippen LogP contribution in [0.3, 0.4) is 0 Å². The summed E-state index contributed by atoms with van der Waals surface area (Å²) in [6, 6.07) is 5.48. The van der Waals surface area contributed by atoms with Crippen LogP contribution >= 0.6 is 23.2 Å². The summed E-state index contributed by atoms with van der Waals surface area (Å²) < 4.78 is 5.58. The van der Waals surface area contributed by atoms with E-state index in [4.69, 9.17) is 27.9 Å². The SMILES string of the molecule is CC(C)N1CCOC(C(=O)c2cccc(Cl)c2Cl)C1. The lowest BCUT2D eigenvalue weighted by molar-refractivity contribution is -0.0256. The molecule has 104 valence electrons. The van der Waals surface area contributed by atoms with E-state index in [1.807, 2.05) is 0 Å². The number of hydrogen-bond acceptors (Lipinski definition) is 3. The van der Waals surface area contributed by atoms with Crippen LogP contribution in [0.25, 0.3) is 0 Å². The van der Waals surface area contributed by atoms with Crippen LogP contribution in [-0.2, 0) is 4.74 Å². The van der Waals surface area contributed by atoms with E-state index in [1.54, 1.807) is 18.2 Å². The maximum atomic E-state index is 12.4. The number of benzene rings is 1. The number of halogens is 2. The van der Waals surface area contributed by atoms with Crippen molar-refractivity contribution in [2.45, 2.75) is 26.0 Å². The number of rotatable bonds is 3. The van der Waals surface area contributed by atoms with Crippen molar-refractivity contribution in [1.29, 1.82) is 0 Å². The zero-order valence-corrected chi connectivity index (χ0v) is 12.5. The lowest BCUT2D eigenvalue weighted by Gasteiger charge is -2.34. The Morgan fingerprint density at radius 2 is 2.16 bits per heavy atom. The summed E-state index contributed by atoms with van der Waals surface area (Å²) in [5, 5.41) is 0.698. The van der Waals surface area contributed by atoms with E-state index in [1.165, 1.54) is 0 Å². The van der Waals surface area contributed by atoms with Gasteiger partial charge in [0.1, 0.15) is 6.10 Å². The van der Waals surface area contributed by atoms with Gasteiger partial charge in [0.25, 0.3) is 0 Å². The molecule has 1 unspecified atom stereocenters. The molecule has 1 aromatic carbocycles. The zero-order valence-electron chi connectivity index (χ0n) is 11.0. The second-order valence-electron chi connectivity index (χ2n) is 4.91. The quantitative estimate of drug-likeness (QED) is 0.803. The average Bonchev–Trinajstić information content (AvgIpc) is 2.41. The second-order valence-corrected chi connectivity index (χ2v) is 5.70. The molecule has 19 heavy (non-hydrogen) atoms. The Kier molecular flexibility index (Phi) is 4.85. The Balaban J connectivity index is 2.17. The molecule has 3 nitrogen and oxygen atoms in total. The molecular formula is C14H17Cl2NO2. The van der Waals surface area contributed by atoms with Crippen LogP contribution in [0.15, 0.2) is 18.2 Å². The van der Waals surface area contributed by atoms with Crippen LogP contribution < -0.4 is 0 Å². The molecule has 0 N–H and O–H groups in total. The standard InChI is InChI=1S/C14H17Cl2NO2/c1-9(2)17-6-7-19-12(8-17)14(18)10-4-3-5-11(15)13(10)16/h3-5,9,12H,6-8H2,1-2H3. The van der Waals surface area contributed by atoms with Crippen LogP contribution in [-0.4, -0.2) is 42.5 Å². The molecule has 1 aliphatic heterocycles. The molecule has 0 radical (unpaired) electrons. The molecule has 0 amide bonds. The van der Waals surface area contributed by atoms with Crippen molar-refractivity contribution >= 4 is 29.0 Å². The van der Waals surface area contributed by atoms with E-state index in [-0.39, 0.29) is 5.78 Å². The van der Waals surface area contributed by atoms with Gasteiger partial charge in [-0.3, -0.25) is 9.69 Å². The highest BCUT2D eigenvalue weighted by molar-refractivity contribution is 6.44. The number of Topliss-reactive ketones (excluding diaryl/α,β-unsaturated/α-hetero) is 1. The molecule has 0 spiro atoms. The summed E-state index contributed by atoms with van der Waals surface area (Å²) >= 11 is 12.0. The van der Waals surface area contributed by atoms with Gasteiger partial charge in [-0.25, -0.2) is 0 Å². The molecule has 1 aromatic rings. The fourth-order valence-corrected chi connectivity index (χ4v) is 2.56.